The molecule has 6 heteroatoms. The molecule has 0 bridgehead atoms. The largest absolute Gasteiger partial charge is 0.454 e. The third kappa shape index (κ3) is 2.42. The lowest BCUT2D eigenvalue weighted by Crippen LogP contribution is -2.24. The normalized spacial score (nSPS) is 11.6. The van der Waals surface area contributed by atoms with Crippen LogP contribution in [-0.4, -0.2) is 12.0 Å². The number of carbonyl (C=O) groups excluding carboxylic acids is 1. The number of rotatable bonds is 2. The number of benzene rings is 1. The highest BCUT2D eigenvalue weighted by molar-refractivity contribution is 9.10. The Labute approximate surface area is 97.6 Å². The van der Waals surface area contributed by atoms with Gasteiger partial charge >= 0.3 is 6.18 Å². The van der Waals surface area contributed by atoms with Crippen molar-refractivity contribution in [1.82, 2.24) is 0 Å². The quantitative estimate of drug-likeness (QED) is 0.598. The first-order chi connectivity index (χ1) is 7.29. The van der Waals surface area contributed by atoms with Crippen molar-refractivity contribution in [2.75, 3.05) is 0 Å². The van der Waals surface area contributed by atoms with E-state index in [2.05, 4.69) is 15.9 Å². The molecule has 0 radical (unpaired) electrons. The molecule has 0 aliphatic heterocycles. The number of carbonyl (C=O) groups is 1. The van der Waals surface area contributed by atoms with E-state index in [4.69, 9.17) is 0 Å². The molecule has 88 valence electrons. The van der Waals surface area contributed by atoms with Crippen LogP contribution in [0, 0.1) is 5.82 Å². The maximum absolute atomic E-state index is 13.6. The molecule has 0 unspecified atom stereocenters. The van der Waals surface area contributed by atoms with Crippen molar-refractivity contribution in [2.24, 2.45) is 0 Å². The summed E-state index contributed by atoms with van der Waals surface area (Å²) >= 11 is 3.01. The van der Waals surface area contributed by atoms with Gasteiger partial charge in [0, 0.05) is 10.0 Å². The van der Waals surface area contributed by atoms with Crippen molar-refractivity contribution >= 4 is 21.7 Å². The van der Waals surface area contributed by atoms with Crippen LogP contribution in [0.3, 0.4) is 0 Å². The Kier molecular flexibility index (Phi) is 3.72. The van der Waals surface area contributed by atoms with E-state index in [0.29, 0.717) is 4.47 Å². The molecular weight excluding hydrogens is 292 g/mol. The van der Waals surface area contributed by atoms with Crippen molar-refractivity contribution in [3.63, 3.8) is 0 Å². The second-order valence-corrected chi connectivity index (χ2v) is 3.92. The van der Waals surface area contributed by atoms with E-state index in [1.807, 2.05) is 0 Å². The number of alkyl halides is 3. The number of Topliss-reactive ketones (excluding diaryl/α,β-unsaturated/α-hetero) is 1. The van der Waals surface area contributed by atoms with Gasteiger partial charge in [0.05, 0.1) is 5.56 Å². The minimum Gasteiger partial charge on any atom is -0.284 e. The van der Waals surface area contributed by atoms with Gasteiger partial charge in [-0.1, -0.05) is 22.9 Å². The summed E-state index contributed by atoms with van der Waals surface area (Å²) < 4.78 is 50.3. The molecule has 0 saturated heterocycles. The van der Waals surface area contributed by atoms with Gasteiger partial charge in [0.1, 0.15) is 5.82 Å². The molecular formula is C10H7BrF4O. The molecule has 16 heavy (non-hydrogen) atoms. The van der Waals surface area contributed by atoms with Gasteiger partial charge in [-0.25, -0.2) is 4.39 Å². The van der Waals surface area contributed by atoms with Crippen LogP contribution in [0.1, 0.15) is 22.8 Å². The molecule has 0 aliphatic rings. The molecule has 0 N–H and O–H groups in total. The highest BCUT2D eigenvalue weighted by atomic mass is 79.9. The first-order valence-corrected chi connectivity index (χ1v) is 5.16. The van der Waals surface area contributed by atoms with E-state index >= 15 is 0 Å². The van der Waals surface area contributed by atoms with Gasteiger partial charge in [-0.3, -0.25) is 4.79 Å². The topological polar surface area (TPSA) is 17.1 Å². The second kappa shape index (κ2) is 4.53. The Morgan fingerprint density at radius 1 is 1.38 bits per heavy atom. The molecule has 0 spiro atoms. The zero-order valence-corrected chi connectivity index (χ0v) is 9.75. The van der Waals surface area contributed by atoms with E-state index in [1.165, 1.54) is 6.07 Å². The summed E-state index contributed by atoms with van der Waals surface area (Å²) in [5, 5.41) is 0. The molecule has 0 aliphatic carbocycles. The van der Waals surface area contributed by atoms with Crippen LogP contribution in [0.25, 0.3) is 0 Å². The predicted octanol–water partition coefficient (Wildman–Crippen LogP) is 3.90. The third-order valence-electron chi connectivity index (χ3n) is 2.04. The van der Waals surface area contributed by atoms with Gasteiger partial charge in [-0.05, 0) is 18.6 Å². The van der Waals surface area contributed by atoms with Crippen molar-refractivity contribution in [3.8, 4) is 0 Å². The highest BCUT2D eigenvalue weighted by Gasteiger charge is 2.41. The van der Waals surface area contributed by atoms with Crippen LogP contribution >= 0.6 is 15.9 Å². The summed E-state index contributed by atoms with van der Waals surface area (Å²) in [4.78, 5) is 10.9. The van der Waals surface area contributed by atoms with Crippen molar-refractivity contribution in [2.45, 2.75) is 19.5 Å². The van der Waals surface area contributed by atoms with Crippen LogP contribution < -0.4 is 0 Å². The Morgan fingerprint density at radius 2 is 1.94 bits per heavy atom. The average molecular weight is 299 g/mol. The summed E-state index contributed by atoms with van der Waals surface area (Å²) in [7, 11) is 0. The van der Waals surface area contributed by atoms with Gasteiger partial charge in [-0.2, -0.15) is 13.2 Å². The molecule has 1 rings (SSSR count). The van der Waals surface area contributed by atoms with Gasteiger partial charge in [0.2, 0.25) is 0 Å². The Balaban J connectivity index is 3.32. The smallest absolute Gasteiger partial charge is 0.284 e. The van der Waals surface area contributed by atoms with E-state index < -0.39 is 23.3 Å². The lowest BCUT2D eigenvalue weighted by Gasteiger charge is -2.10. The average Bonchev–Trinajstić information content (AvgIpc) is 2.16. The number of hydrogen-bond donors (Lipinski definition) is 0. The minimum atomic E-state index is -5.06. The lowest BCUT2D eigenvalue weighted by atomic mass is 10.0. The summed E-state index contributed by atoms with van der Waals surface area (Å²) in [6, 6.07) is 2.06. The Morgan fingerprint density at radius 3 is 2.38 bits per heavy atom. The molecule has 0 fully saturated rings. The lowest BCUT2D eigenvalue weighted by molar-refractivity contribution is -0.0887. The fourth-order valence-corrected chi connectivity index (χ4v) is 1.84. The van der Waals surface area contributed by atoms with E-state index in [0.717, 1.165) is 6.07 Å². The number of halogens is 5. The summed E-state index contributed by atoms with van der Waals surface area (Å²) in [6.07, 6.45) is -4.86. The fraction of sp³-hybridized carbons (Fsp3) is 0.300. The maximum atomic E-state index is 13.6. The second-order valence-electron chi connectivity index (χ2n) is 3.07. The van der Waals surface area contributed by atoms with Crippen LogP contribution in [0.2, 0.25) is 0 Å². The Hall–Kier alpha value is -0.910. The molecule has 1 nitrogen and oxygen atoms in total. The molecule has 0 amide bonds. The molecule has 0 heterocycles. The van der Waals surface area contributed by atoms with E-state index in [1.54, 1.807) is 6.92 Å². The summed E-state index contributed by atoms with van der Waals surface area (Å²) in [5.74, 6) is -3.27. The minimum absolute atomic E-state index is 0.0649. The van der Waals surface area contributed by atoms with Crippen LogP contribution in [0.4, 0.5) is 17.6 Å². The molecule has 0 atom stereocenters. The van der Waals surface area contributed by atoms with Gasteiger partial charge in [0.15, 0.2) is 0 Å². The zero-order chi connectivity index (χ0) is 12.5. The maximum Gasteiger partial charge on any atom is 0.454 e. The van der Waals surface area contributed by atoms with E-state index in [9.17, 15) is 22.4 Å². The summed E-state index contributed by atoms with van der Waals surface area (Å²) in [5.41, 5.74) is -0.873. The number of ketones is 1. The fourth-order valence-electron chi connectivity index (χ4n) is 1.25. The molecule has 0 aromatic heterocycles. The standard InChI is InChI=1S/C10H7BrF4O/c1-2-5-7(11)4-3-6(8(5)12)9(16)10(13,14)15/h3-4H,2H2,1H3. The molecule has 1 aromatic rings. The van der Waals surface area contributed by atoms with Crippen molar-refractivity contribution < 1.29 is 22.4 Å². The highest BCUT2D eigenvalue weighted by Crippen LogP contribution is 2.28. The van der Waals surface area contributed by atoms with Gasteiger partial charge in [0.25, 0.3) is 5.78 Å². The van der Waals surface area contributed by atoms with Crippen LogP contribution in [-0.2, 0) is 6.42 Å². The zero-order valence-electron chi connectivity index (χ0n) is 8.16. The van der Waals surface area contributed by atoms with Crippen LogP contribution in [0.15, 0.2) is 16.6 Å². The molecule has 0 saturated carbocycles. The van der Waals surface area contributed by atoms with Gasteiger partial charge in [-0.15, -0.1) is 0 Å². The van der Waals surface area contributed by atoms with Crippen molar-refractivity contribution in [3.05, 3.63) is 33.5 Å². The first-order valence-electron chi connectivity index (χ1n) is 4.37. The third-order valence-corrected chi connectivity index (χ3v) is 2.78. The van der Waals surface area contributed by atoms with E-state index in [-0.39, 0.29) is 12.0 Å². The SMILES string of the molecule is CCc1c(Br)ccc(C(=O)C(F)(F)F)c1F. The molecule has 1 aromatic carbocycles. The number of hydrogen-bond acceptors (Lipinski definition) is 1. The predicted molar refractivity (Wildman–Crippen MR) is 53.9 cm³/mol. The van der Waals surface area contributed by atoms with Gasteiger partial charge < -0.3 is 0 Å². The van der Waals surface area contributed by atoms with Crippen LogP contribution in [0.5, 0.6) is 0 Å². The first kappa shape index (κ1) is 13.2. The Bertz CT molecular complexity index is 426. The van der Waals surface area contributed by atoms with Crippen molar-refractivity contribution in [1.29, 1.82) is 0 Å². The summed E-state index contributed by atoms with van der Waals surface area (Å²) in [6.45, 7) is 1.59. The monoisotopic (exact) mass is 298 g/mol.